The number of aromatic nitrogens is 3. The third-order valence-electron chi connectivity index (χ3n) is 5.02. The van der Waals surface area contributed by atoms with E-state index < -0.39 is 0 Å². The van der Waals surface area contributed by atoms with Crippen LogP contribution in [-0.4, -0.2) is 69.6 Å². The van der Waals surface area contributed by atoms with E-state index in [2.05, 4.69) is 15.2 Å². The molecule has 2 atom stereocenters. The SMILES string of the molecule is Cc1nc(C2CN(C(=O)C3CC(=O)N(CC4CC4)C3)CCO2)n[nH]1. The van der Waals surface area contributed by atoms with Crippen molar-refractivity contribution in [1.29, 1.82) is 0 Å². The van der Waals surface area contributed by atoms with Crippen molar-refractivity contribution in [1.82, 2.24) is 25.0 Å². The van der Waals surface area contributed by atoms with Gasteiger partial charge in [0.2, 0.25) is 11.8 Å². The molecule has 0 bridgehead atoms. The van der Waals surface area contributed by atoms with Gasteiger partial charge in [-0.2, -0.15) is 5.10 Å². The van der Waals surface area contributed by atoms with Gasteiger partial charge >= 0.3 is 0 Å². The van der Waals surface area contributed by atoms with E-state index in [1.54, 1.807) is 4.90 Å². The Hall–Kier alpha value is -1.96. The molecule has 130 valence electrons. The van der Waals surface area contributed by atoms with Crippen LogP contribution in [-0.2, 0) is 14.3 Å². The van der Waals surface area contributed by atoms with E-state index in [9.17, 15) is 9.59 Å². The predicted octanol–water partition coefficient (Wildman–Crippen LogP) is 0.272. The van der Waals surface area contributed by atoms with Crippen LogP contribution in [0.15, 0.2) is 0 Å². The molecule has 8 nitrogen and oxygen atoms in total. The average molecular weight is 333 g/mol. The van der Waals surface area contributed by atoms with Crippen LogP contribution >= 0.6 is 0 Å². The smallest absolute Gasteiger partial charge is 0.228 e. The van der Waals surface area contributed by atoms with Gasteiger partial charge in [0.15, 0.2) is 5.82 Å². The van der Waals surface area contributed by atoms with E-state index in [1.165, 1.54) is 12.8 Å². The number of amides is 2. The Morgan fingerprint density at radius 2 is 2.21 bits per heavy atom. The van der Waals surface area contributed by atoms with Crippen molar-refractivity contribution in [3.8, 4) is 0 Å². The second-order valence-corrected chi connectivity index (χ2v) is 7.07. The fourth-order valence-corrected chi connectivity index (χ4v) is 3.49. The summed E-state index contributed by atoms with van der Waals surface area (Å²) in [6, 6.07) is 0. The van der Waals surface area contributed by atoms with E-state index in [0.29, 0.717) is 44.4 Å². The van der Waals surface area contributed by atoms with Crippen molar-refractivity contribution < 1.29 is 14.3 Å². The number of nitrogens with one attached hydrogen (secondary N) is 1. The van der Waals surface area contributed by atoms with Gasteiger partial charge in [0, 0.05) is 26.1 Å². The van der Waals surface area contributed by atoms with E-state index in [0.717, 1.165) is 12.4 Å². The topological polar surface area (TPSA) is 91.4 Å². The highest BCUT2D eigenvalue weighted by atomic mass is 16.5. The highest BCUT2D eigenvalue weighted by molar-refractivity contribution is 5.89. The first-order chi connectivity index (χ1) is 11.6. The molecule has 1 aromatic heterocycles. The van der Waals surface area contributed by atoms with Crippen LogP contribution in [0.5, 0.6) is 0 Å². The van der Waals surface area contributed by atoms with Crippen molar-refractivity contribution in [2.45, 2.75) is 32.3 Å². The normalized spacial score (nSPS) is 27.8. The van der Waals surface area contributed by atoms with Crippen molar-refractivity contribution >= 4 is 11.8 Å². The molecule has 4 rings (SSSR count). The Labute approximate surface area is 140 Å². The molecule has 2 amide bonds. The number of H-pyrrole nitrogens is 1. The lowest BCUT2D eigenvalue weighted by Gasteiger charge is -2.33. The molecule has 1 saturated carbocycles. The van der Waals surface area contributed by atoms with Gasteiger partial charge in [-0.05, 0) is 25.7 Å². The van der Waals surface area contributed by atoms with Crippen molar-refractivity contribution in [3.05, 3.63) is 11.6 Å². The second kappa shape index (κ2) is 6.16. The molecule has 3 fully saturated rings. The molecular formula is C16H23N5O3. The van der Waals surface area contributed by atoms with Crippen LogP contribution in [0.3, 0.4) is 0 Å². The molecule has 1 aromatic rings. The Kier molecular flexibility index (Phi) is 3.99. The Morgan fingerprint density at radius 1 is 1.38 bits per heavy atom. The van der Waals surface area contributed by atoms with Gasteiger partial charge in [-0.25, -0.2) is 4.98 Å². The minimum Gasteiger partial charge on any atom is -0.366 e. The summed E-state index contributed by atoms with van der Waals surface area (Å²) < 4.78 is 5.71. The summed E-state index contributed by atoms with van der Waals surface area (Å²) in [4.78, 5) is 32.9. The lowest BCUT2D eigenvalue weighted by Crippen LogP contribution is -2.45. The van der Waals surface area contributed by atoms with Gasteiger partial charge in [-0.1, -0.05) is 0 Å². The van der Waals surface area contributed by atoms with Crippen LogP contribution in [0.4, 0.5) is 0 Å². The van der Waals surface area contributed by atoms with E-state index >= 15 is 0 Å². The Balaban J connectivity index is 1.38. The maximum atomic E-state index is 12.8. The predicted molar refractivity (Wildman–Crippen MR) is 83.8 cm³/mol. The van der Waals surface area contributed by atoms with E-state index in [-0.39, 0.29) is 23.8 Å². The monoisotopic (exact) mass is 333 g/mol. The Bertz CT molecular complexity index is 641. The van der Waals surface area contributed by atoms with Crippen molar-refractivity contribution in [2.75, 3.05) is 32.8 Å². The molecule has 0 spiro atoms. The third kappa shape index (κ3) is 3.15. The van der Waals surface area contributed by atoms with Gasteiger partial charge in [-0.15, -0.1) is 0 Å². The molecule has 1 aliphatic carbocycles. The van der Waals surface area contributed by atoms with Crippen LogP contribution in [0.2, 0.25) is 0 Å². The molecule has 2 unspecified atom stereocenters. The van der Waals surface area contributed by atoms with Gasteiger partial charge in [0.05, 0.1) is 19.1 Å². The summed E-state index contributed by atoms with van der Waals surface area (Å²) in [6.45, 7) is 4.70. The molecule has 0 radical (unpaired) electrons. The zero-order valence-electron chi connectivity index (χ0n) is 13.9. The number of carbonyl (C=O) groups is 2. The number of aromatic amines is 1. The minimum atomic E-state index is -0.299. The van der Waals surface area contributed by atoms with Crippen LogP contribution < -0.4 is 0 Å². The number of aryl methyl sites for hydroxylation is 1. The Morgan fingerprint density at radius 3 is 2.92 bits per heavy atom. The first-order valence-corrected chi connectivity index (χ1v) is 8.67. The van der Waals surface area contributed by atoms with Crippen LogP contribution in [0.1, 0.15) is 37.0 Å². The lowest BCUT2D eigenvalue weighted by atomic mass is 10.1. The van der Waals surface area contributed by atoms with Crippen molar-refractivity contribution in [3.63, 3.8) is 0 Å². The number of carbonyl (C=O) groups excluding carboxylic acids is 2. The van der Waals surface area contributed by atoms with Gasteiger partial charge in [0.25, 0.3) is 0 Å². The quantitative estimate of drug-likeness (QED) is 0.854. The van der Waals surface area contributed by atoms with Crippen LogP contribution in [0, 0.1) is 18.8 Å². The summed E-state index contributed by atoms with van der Waals surface area (Å²) in [5, 5.41) is 6.94. The first-order valence-electron chi connectivity index (χ1n) is 8.67. The van der Waals surface area contributed by atoms with E-state index in [4.69, 9.17) is 4.74 Å². The first kappa shape index (κ1) is 15.6. The zero-order valence-corrected chi connectivity index (χ0v) is 13.9. The largest absolute Gasteiger partial charge is 0.366 e. The second-order valence-electron chi connectivity index (χ2n) is 7.07. The minimum absolute atomic E-state index is 0.0576. The molecule has 8 heteroatoms. The molecule has 0 aromatic carbocycles. The van der Waals surface area contributed by atoms with Gasteiger partial charge < -0.3 is 14.5 Å². The zero-order chi connectivity index (χ0) is 16.7. The number of hydrogen-bond acceptors (Lipinski definition) is 5. The van der Waals surface area contributed by atoms with Gasteiger partial charge in [-0.3, -0.25) is 14.7 Å². The summed E-state index contributed by atoms with van der Waals surface area (Å²) in [5.41, 5.74) is 0. The summed E-state index contributed by atoms with van der Waals surface area (Å²) in [7, 11) is 0. The summed E-state index contributed by atoms with van der Waals surface area (Å²) in [5.74, 6) is 1.93. The number of likely N-dealkylation sites (tertiary alicyclic amines) is 1. The van der Waals surface area contributed by atoms with Crippen molar-refractivity contribution in [2.24, 2.45) is 11.8 Å². The van der Waals surface area contributed by atoms with Gasteiger partial charge in [0.1, 0.15) is 11.9 Å². The third-order valence-corrected chi connectivity index (χ3v) is 5.02. The highest BCUT2D eigenvalue weighted by Gasteiger charge is 2.40. The number of hydrogen-bond donors (Lipinski definition) is 1. The standard InChI is InChI=1S/C16H23N5O3/c1-10-17-15(19-18-10)13-9-20(4-5-24-13)16(23)12-6-14(22)21(8-12)7-11-2-3-11/h11-13H,2-9H2,1H3,(H,17,18,19). The summed E-state index contributed by atoms with van der Waals surface area (Å²) >= 11 is 0. The number of ether oxygens (including phenoxy) is 1. The fraction of sp³-hybridized carbons (Fsp3) is 0.750. The molecule has 24 heavy (non-hydrogen) atoms. The number of rotatable bonds is 4. The average Bonchev–Trinajstić information content (AvgIpc) is 3.18. The summed E-state index contributed by atoms with van der Waals surface area (Å²) in [6.07, 6.45) is 2.47. The van der Waals surface area contributed by atoms with E-state index in [1.807, 2.05) is 11.8 Å². The molecular weight excluding hydrogens is 310 g/mol. The molecule has 2 saturated heterocycles. The maximum Gasteiger partial charge on any atom is 0.228 e. The lowest BCUT2D eigenvalue weighted by molar-refractivity contribution is -0.143. The molecule has 3 aliphatic rings. The number of nitrogens with zero attached hydrogens (tertiary/aromatic N) is 4. The molecule has 3 heterocycles. The molecule has 1 N–H and O–H groups in total. The maximum absolute atomic E-state index is 12.8. The molecule has 2 aliphatic heterocycles. The number of morpholine rings is 1. The van der Waals surface area contributed by atoms with Crippen LogP contribution in [0.25, 0.3) is 0 Å². The highest BCUT2D eigenvalue weighted by Crippen LogP contribution is 2.32. The fourth-order valence-electron chi connectivity index (χ4n) is 3.49.